The molecule has 0 bridgehead atoms. The molecule has 0 spiro atoms. The van der Waals surface area contributed by atoms with Crippen molar-refractivity contribution in [3.05, 3.63) is 23.8 Å². The summed E-state index contributed by atoms with van der Waals surface area (Å²) in [4.78, 5) is 15.5. The number of aryl methyl sites for hydroxylation is 1. The van der Waals surface area contributed by atoms with E-state index in [0.717, 1.165) is 29.4 Å². The Hall–Kier alpha value is -2.24. The maximum atomic E-state index is 11.3. The zero-order chi connectivity index (χ0) is 15.9. The van der Waals surface area contributed by atoms with Crippen molar-refractivity contribution in [3.63, 3.8) is 0 Å². The van der Waals surface area contributed by atoms with Crippen molar-refractivity contribution in [2.24, 2.45) is 4.99 Å². The van der Waals surface area contributed by atoms with E-state index in [9.17, 15) is 4.79 Å². The van der Waals surface area contributed by atoms with E-state index in [0.29, 0.717) is 25.6 Å². The van der Waals surface area contributed by atoms with E-state index in [1.165, 1.54) is 0 Å². The molecule has 3 N–H and O–H groups in total. The van der Waals surface area contributed by atoms with Crippen molar-refractivity contribution < 1.29 is 9.53 Å². The molecule has 0 radical (unpaired) electrons. The van der Waals surface area contributed by atoms with Crippen LogP contribution in [0.2, 0.25) is 0 Å². The Morgan fingerprint density at radius 3 is 2.95 bits per heavy atom. The Balaban J connectivity index is 1.79. The van der Waals surface area contributed by atoms with Crippen LogP contribution in [0, 0.1) is 0 Å². The molecule has 22 heavy (non-hydrogen) atoms. The van der Waals surface area contributed by atoms with Gasteiger partial charge in [0.05, 0.1) is 6.54 Å². The molecule has 0 aromatic heterocycles. The summed E-state index contributed by atoms with van der Waals surface area (Å²) >= 11 is 0. The smallest absolute Gasteiger partial charge is 0.224 e. The number of aliphatic imine (C=N–C) groups is 1. The van der Waals surface area contributed by atoms with Gasteiger partial charge in [-0.1, -0.05) is 0 Å². The number of hydrogen-bond acceptors (Lipinski definition) is 3. The van der Waals surface area contributed by atoms with Gasteiger partial charge in [-0.25, -0.2) is 0 Å². The third kappa shape index (κ3) is 4.65. The molecule has 1 aliphatic rings. The predicted molar refractivity (Wildman–Crippen MR) is 88.5 cm³/mol. The quantitative estimate of drug-likeness (QED) is 0.438. The number of nitrogens with zero attached hydrogens (tertiary/aromatic N) is 1. The number of rotatable bonds is 5. The second-order valence-corrected chi connectivity index (χ2v) is 5.51. The summed E-state index contributed by atoms with van der Waals surface area (Å²) in [7, 11) is 1.75. The highest BCUT2D eigenvalue weighted by atomic mass is 16.5. The molecule has 0 atom stereocenters. The highest BCUT2D eigenvalue weighted by Crippen LogP contribution is 2.26. The van der Waals surface area contributed by atoms with Gasteiger partial charge < -0.3 is 20.7 Å². The van der Waals surface area contributed by atoms with Crippen LogP contribution in [0.3, 0.4) is 0 Å². The molecule has 1 aliphatic heterocycles. The molecular weight excluding hydrogens is 280 g/mol. The van der Waals surface area contributed by atoms with E-state index in [2.05, 4.69) is 34.8 Å². The summed E-state index contributed by atoms with van der Waals surface area (Å²) in [5.74, 6) is 1.67. The lowest BCUT2D eigenvalue weighted by molar-refractivity contribution is -0.116. The fourth-order valence-corrected chi connectivity index (χ4v) is 2.26. The first-order valence-corrected chi connectivity index (χ1v) is 7.61. The minimum absolute atomic E-state index is 0.0782. The predicted octanol–water partition coefficient (Wildman–Crippen LogP) is 1.52. The van der Waals surface area contributed by atoms with Crippen LogP contribution in [0.4, 0.5) is 5.69 Å². The average Bonchev–Trinajstić information content (AvgIpc) is 2.50. The molecule has 0 saturated heterocycles. The Bertz CT molecular complexity index is 555. The molecule has 1 heterocycles. The normalized spacial score (nSPS) is 14.4. The molecule has 0 fully saturated rings. The van der Waals surface area contributed by atoms with Crippen molar-refractivity contribution in [2.75, 3.05) is 25.5 Å². The molecule has 1 aromatic rings. The molecule has 120 valence electrons. The number of carbonyl (C=O) groups is 1. The van der Waals surface area contributed by atoms with Gasteiger partial charge in [0.25, 0.3) is 0 Å². The molecule has 6 heteroatoms. The fraction of sp³-hybridized carbons (Fsp3) is 0.500. The first-order chi connectivity index (χ1) is 10.6. The Kier molecular flexibility index (Phi) is 5.63. The molecule has 0 saturated carbocycles. The minimum atomic E-state index is 0.0782. The maximum absolute atomic E-state index is 11.3. The van der Waals surface area contributed by atoms with Crippen molar-refractivity contribution in [2.45, 2.75) is 32.7 Å². The van der Waals surface area contributed by atoms with Crippen LogP contribution in [0.25, 0.3) is 0 Å². The van der Waals surface area contributed by atoms with Gasteiger partial charge in [-0.2, -0.15) is 0 Å². The van der Waals surface area contributed by atoms with E-state index >= 15 is 0 Å². The lowest BCUT2D eigenvalue weighted by Crippen LogP contribution is -2.42. The van der Waals surface area contributed by atoms with Crippen molar-refractivity contribution in [3.8, 4) is 5.75 Å². The first kappa shape index (κ1) is 16.1. The maximum Gasteiger partial charge on any atom is 0.224 e. The fourth-order valence-electron chi connectivity index (χ4n) is 2.26. The Morgan fingerprint density at radius 1 is 1.41 bits per heavy atom. The van der Waals surface area contributed by atoms with Crippen molar-refractivity contribution in [1.29, 1.82) is 0 Å². The SMILES string of the molecule is CN=C(NCCOc1ccc2c(c1)CCC(=O)N2)NC(C)C. The second kappa shape index (κ2) is 7.68. The first-order valence-electron chi connectivity index (χ1n) is 7.61. The highest BCUT2D eigenvalue weighted by Gasteiger charge is 2.14. The van der Waals surface area contributed by atoms with Crippen LogP contribution in [0.1, 0.15) is 25.8 Å². The largest absolute Gasteiger partial charge is 0.492 e. The van der Waals surface area contributed by atoms with Gasteiger partial charge in [0.1, 0.15) is 12.4 Å². The van der Waals surface area contributed by atoms with Crippen LogP contribution in [0.15, 0.2) is 23.2 Å². The third-order valence-corrected chi connectivity index (χ3v) is 3.28. The molecule has 2 rings (SSSR count). The molecule has 0 aliphatic carbocycles. The number of nitrogens with one attached hydrogen (secondary N) is 3. The summed E-state index contributed by atoms with van der Waals surface area (Å²) in [6.07, 6.45) is 1.30. The Labute approximate surface area is 131 Å². The van der Waals surface area contributed by atoms with E-state index < -0.39 is 0 Å². The lowest BCUT2D eigenvalue weighted by Gasteiger charge is -2.18. The number of hydrogen-bond donors (Lipinski definition) is 3. The van der Waals surface area contributed by atoms with Crippen LogP contribution in [0.5, 0.6) is 5.75 Å². The molecule has 6 nitrogen and oxygen atoms in total. The number of benzene rings is 1. The van der Waals surface area contributed by atoms with Gasteiger partial charge in [0, 0.05) is 25.2 Å². The zero-order valence-corrected chi connectivity index (χ0v) is 13.4. The average molecular weight is 304 g/mol. The zero-order valence-electron chi connectivity index (χ0n) is 13.4. The van der Waals surface area contributed by atoms with Gasteiger partial charge in [-0.15, -0.1) is 0 Å². The van der Waals surface area contributed by atoms with E-state index in [4.69, 9.17) is 4.74 Å². The number of fused-ring (bicyclic) bond motifs is 1. The van der Waals surface area contributed by atoms with Crippen LogP contribution < -0.4 is 20.7 Å². The van der Waals surface area contributed by atoms with Gasteiger partial charge in [0.15, 0.2) is 5.96 Å². The van der Waals surface area contributed by atoms with E-state index in [1.807, 2.05) is 18.2 Å². The topological polar surface area (TPSA) is 74.8 Å². The highest BCUT2D eigenvalue weighted by molar-refractivity contribution is 5.94. The second-order valence-electron chi connectivity index (χ2n) is 5.51. The summed E-state index contributed by atoms with van der Waals surface area (Å²) < 4.78 is 5.74. The number of anilines is 1. The molecular formula is C16H24N4O2. The monoisotopic (exact) mass is 304 g/mol. The van der Waals surface area contributed by atoms with E-state index in [-0.39, 0.29) is 5.91 Å². The van der Waals surface area contributed by atoms with Crippen molar-refractivity contribution in [1.82, 2.24) is 10.6 Å². The lowest BCUT2D eigenvalue weighted by atomic mass is 10.0. The Morgan fingerprint density at radius 2 is 2.23 bits per heavy atom. The third-order valence-electron chi connectivity index (χ3n) is 3.28. The van der Waals surface area contributed by atoms with Crippen LogP contribution >= 0.6 is 0 Å². The van der Waals surface area contributed by atoms with Gasteiger partial charge in [-0.05, 0) is 44.0 Å². The van der Waals surface area contributed by atoms with Crippen LogP contribution in [-0.2, 0) is 11.2 Å². The molecule has 1 aromatic carbocycles. The summed E-state index contributed by atoms with van der Waals surface area (Å²) in [5.41, 5.74) is 2.02. The molecule has 1 amide bonds. The number of guanidine groups is 1. The van der Waals surface area contributed by atoms with Gasteiger partial charge in [-0.3, -0.25) is 9.79 Å². The number of ether oxygens (including phenoxy) is 1. The van der Waals surface area contributed by atoms with Gasteiger partial charge in [0.2, 0.25) is 5.91 Å². The number of amides is 1. The van der Waals surface area contributed by atoms with E-state index in [1.54, 1.807) is 7.05 Å². The van der Waals surface area contributed by atoms with Gasteiger partial charge >= 0.3 is 0 Å². The summed E-state index contributed by atoms with van der Waals surface area (Å²) in [6, 6.07) is 6.11. The standard InChI is InChI=1S/C16H24N4O2/c1-11(2)19-16(17-3)18-8-9-22-13-5-6-14-12(10-13)4-7-15(21)20-14/h5-6,10-11H,4,7-9H2,1-3H3,(H,20,21)(H2,17,18,19). The summed E-state index contributed by atoms with van der Waals surface area (Å²) in [5, 5.41) is 9.28. The van der Waals surface area contributed by atoms with Crippen LogP contribution in [-0.4, -0.2) is 38.1 Å². The minimum Gasteiger partial charge on any atom is -0.492 e. The summed E-state index contributed by atoms with van der Waals surface area (Å²) in [6.45, 7) is 5.34. The molecule has 0 unspecified atom stereocenters. The number of carbonyl (C=O) groups excluding carboxylic acids is 1. The van der Waals surface area contributed by atoms with Crippen molar-refractivity contribution >= 4 is 17.6 Å².